The monoisotopic (exact) mass is 930 g/mol. The van der Waals surface area contributed by atoms with Gasteiger partial charge in [-0.05, 0) is 48.5 Å². The van der Waals surface area contributed by atoms with Gasteiger partial charge in [-0.2, -0.15) is 0 Å². The maximum Gasteiger partial charge on any atom is 0.287 e. The number of methoxy groups -OCH3 is 2. The number of rotatable bonds is 19. The number of anilines is 4. The summed E-state index contributed by atoms with van der Waals surface area (Å²) in [5, 5.41) is 33.6. The first-order valence-corrected chi connectivity index (χ1v) is 20.5. The van der Waals surface area contributed by atoms with Crippen molar-refractivity contribution in [2.45, 2.75) is 0 Å². The van der Waals surface area contributed by atoms with Crippen molar-refractivity contribution in [2.24, 2.45) is 0 Å². The molecule has 0 unspecified atom stereocenters. The zero-order valence-corrected chi connectivity index (χ0v) is 36.3. The largest absolute Gasteiger partial charge is 0.496 e. The van der Waals surface area contributed by atoms with Crippen LogP contribution in [0.1, 0.15) is 0 Å². The molecular formula is C42H36Cl2N16O6. The fraction of sp³-hybridized carbons (Fsp3) is 0.143. The molecule has 334 valence electrons. The van der Waals surface area contributed by atoms with Crippen molar-refractivity contribution in [1.82, 2.24) is 49.8 Å². The van der Waals surface area contributed by atoms with Crippen molar-refractivity contribution in [3.8, 4) is 56.8 Å². The molecular weight excluding hydrogens is 895 g/mol. The normalized spacial score (nSPS) is 10.9. The molecule has 2 aromatic carbocycles. The Morgan fingerprint density at radius 2 is 1.03 bits per heavy atom. The van der Waals surface area contributed by atoms with Gasteiger partial charge in [0.15, 0.2) is 0 Å². The number of hydrazine groups is 1. The van der Waals surface area contributed by atoms with Crippen LogP contribution in [0, 0.1) is 20.2 Å². The van der Waals surface area contributed by atoms with Crippen LogP contribution in [0.25, 0.3) is 45.3 Å². The van der Waals surface area contributed by atoms with E-state index in [4.69, 9.17) is 52.6 Å². The van der Waals surface area contributed by atoms with Gasteiger partial charge < -0.3 is 30.1 Å². The van der Waals surface area contributed by atoms with Gasteiger partial charge in [-0.1, -0.05) is 23.2 Å². The number of ether oxygens (including phenoxy) is 2. The molecule has 66 heavy (non-hydrogen) atoms. The van der Waals surface area contributed by atoms with E-state index >= 15 is 0 Å². The highest BCUT2D eigenvalue weighted by Gasteiger charge is 2.27. The molecule has 22 nitrogen and oxygen atoms in total. The number of benzene rings is 2. The third-order valence-electron chi connectivity index (χ3n) is 9.83. The molecule has 0 spiro atoms. The van der Waals surface area contributed by atoms with Gasteiger partial charge in [0.05, 0.1) is 59.7 Å². The third-order valence-corrected chi connectivity index (χ3v) is 10.3. The van der Waals surface area contributed by atoms with E-state index in [0.29, 0.717) is 78.5 Å². The van der Waals surface area contributed by atoms with Crippen molar-refractivity contribution in [3.63, 3.8) is 0 Å². The van der Waals surface area contributed by atoms with Gasteiger partial charge in [0.2, 0.25) is 11.9 Å². The Morgan fingerprint density at radius 1 is 0.591 bits per heavy atom. The second-order valence-corrected chi connectivity index (χ2v) is 14.7. The zero-order chi connectivity index (χ0) is 46.2. The molecule has 0 fully saturated rings. The maximum atomic E-state index is 11.4. The Hall–Kier alpha value is -8.50. The molecule has 0 bridgehead atoms. The van der Waals surface area contributed by atoms with Crippen molar-refractivity contribution in [2.75, 3.05) is 61.1 Å². The van der Waals surface area contributed by atoms with Crippen molar-refractivity contribution >= 4 is 58.1 Å². The number of nitrogens with one attached hydrogen (secondary N) is 4. The number of halogens is 2. The van der Waals surface area contributed by atoms with Gasteiger partial charge in [-0.3, -0.25) is 20.2 Å². The summed E-state index contributed by atoms with van der Waals surface area (Å²) in [6, 6.07) is 16.1. The number of imidazole rings is 2. The number of nitro groups is 2. The summed E-state index contributed by atoms with van der Waals surface area (Å²) in [5.41, 5.74) is 2.80. The number of hydrogen-bond acceptors (Lipinski definition) is 18. The number of aromatic amines is 2. The van der Waals surface area contributed by atoms with Crippen LogP contribution in [-0.4, -0.2) is 100 Å². The Labute approximate surface area is 384 Å². The van der Waals surface area contributed by atoms with Crippen LogP contribution >= 0.6 is 23.2 Å². The number of aromatic nitrogens is 10. The Morgan fingerprint density at radius 3 is 1.38 bits per heavy atom. The minimum absolute atomic E-state index is 0.120. The lowest BCUT2D eigenvalue weighted by Gasteiger charge is -2.35. The molecule has 0 saturated heterocycles. The van der Waals surface area contributed by atoms with Gasteiger partial charge in [-0.15, -0.1) is 0 Å². The lowest BCUT2D eigenvalue weighted by atomic mass is 10.1. The van der Waals surface area contributed by atoms with E-state index in [1.807, 2.05) is 0 Å². The van der Waals surface area contributed by atoms with Crippen LogP contribution in [0.4, 0.5) is 34.9 Å². The van der Waals surface area contributed by atoms with Gasteiger partial charge >= 0.3 is 0 Å². The summed E-state index contributed by atoms with van der Waals surface area (Å²) in [7, 11) is 3.05. The molecule has 0 radical (unpaired) electrons. The van der Waals surface area contributed by atoms with Crippen molar-refractivity contribution in [3.05, 3.63) is 141 Å². The predicted octanol–water partition coefficient (Wildman–Crippen LogP) is 7.76. The Bertz CT molecular complexity index is 2760. The van der Waals surface area contributed by atoms with Crippen LogP contribution < -0.4 is 30.1 Å². The van der Waals surface area contributed by atoms with Crippen molar-refractivity contribution < 1.29 is 19.3 Å². The molecule has 0 saturated carbocycles. The van der Waals surface area contributed by atoms with Crippen LogP contribution in [0.15, 0.2) is 110 Å². The maximum absolute atomic E-state index is 11.4. The molecule has 8 aromatic rings. The lowest BCUT2D eigenvalue weighted by Crippen LogP contribution is -2.49. The molecule has 4 N–H and O–H groups in total. The molecule has 24 heteroatoms. The molecule has 8 rings (SSSR count). The summed E-state index contributed by atoms with van der Waals surface area (Å²) >= 11 is 12.8. The second-order valence-electron chi connectivity index (χ2n) is 13.8. The number of nitrogens with zero attached hydrogens (tertiary/aromatic N) is 12. The summed E-state index contributed by atoms with van der Waals surface area (Å²) < 4.78 is 11.6. The van der Waals surface area contributed by atoms with Gasteiger partial charge in [0.25, 0.3) is 11.4 Å². The molecule has 0 aliphatic heterocycles. The number of hydrogen-bond donors (Lipinski definition) is 4. The topological polar surface area (TPSA) is 270 Å². The summed E-state index contributed by atoms with van der Waals surface area (Å²) in [6.07, 6.45) is 12.2. The highest BCUT2D eigenvalue weighted by molar-refractivity contribution is 6.31. The van der Waals surface area contributed by atoms with Gasteiger partial charge in [0.1, 0.15) is 47.2 Å². The molecule has 6 aromatic heterocycles. The predicted molar refractivity (Wildman–Crippen MR) is 247 cm³/mol. The SMILES string of the molecule is COc1cc(Cl)ccc1-c1nc(N(CCNc2ccc([N+](=O)[O-])cn2)N(CCNc2ccc([N+](=O)[O-])cn2)c2ncc(-c3ncc[nH]3)c(-c3ccc(Cl)cc3OC)n2)ncc1-c1ncc[nH]1. The fourth-order valence-corrected chi connectivity index (χ4v) is 7.06. The highest BCUT2D eigenvalue weighted by Crippen LogP contribution is 2.39. The van der Waals surface area contributed by atoms with Crippen LogP contribution in [0.5, 0.6) is 11.5 Å². The molecule has 0 atom stereocenters. The third kappa shape index (κ3) is 9.83. The van der Waals surface area contributed by atoms with Crippen LogP contribution in [0.2, 0.25) is 10.0 Å². The first-order valence-electron chi connectivity index (χ1n) is 19.7. The smallest absolute Gasteiger partial charge is 0.287 e. The van der Waals surface area contributed by atoms with E-state index < -0.39 is 9.85 Å². The first kappa shape index (κ1) is 44.1. The average molecular weight is 932 g/mol. The molecule has 0 aliphatic rings. The van der Waals surface area contributed by atoms with E-state index in [1.165, 1.54) is 38.5 Å². The number of H-pyrrole nitrogens is 2. The molecule has 0 amide bonds. The fourth-order valence-electron chi connectivity index (χ4n) is 6.73. The van der Waals surface area contributed by atoms with E-state index in [9.17, 15) is 20.2 Å². The highest BCUT2D eigenvalue weighted by atomic mass is 35.5. The Balaban J connectivity index is 1.29. The van der Waals surface area contributed by atoms with Crippen LogP contribution in [-0.2, 0) is 0 Å². The van der Waals surface area contributed by atoms with Gasteiger partial charge in [0, 0.05) is 83.6 Å². The van der Waals surface area contributed by atoms with Crippen molar-refractivity contribution in [1.29, 1.82) is 0 Å². The average Bonchev–Trinajstić information content (AvgIpc) is 4.09. The summed E-state index contributed by atoms with van der Waals surface area (Å²) in [5.74, 6) is 2.94. The van der Waals surface area contributed by atoms with E-state index in [-0.39, 0.29) is 49.5 Å². The zero-order valence-electron chi connectivity index (χ0n) is 34.8. The van der Waals surface area contributed by atoms with E-state index in [2.05, 4.69) is 40.5 Å². The quantitative estimate of drug-likeness (QED) is 0.0445. The number of pyridine rings is 2. The Kier molecular flexibility index (Phi) is 13.3. The molecule has 0 aliphatic carbocycles. The van der Waals surface area contributed by atoms with Gasteiger partial charge in [-0.25, -0.2) is 49.9 Å². The summed E-state index contributed by atoms with van der Waals surface area (Å²) in [6.45, 7) is 0.608. The minimum atomic E-state index is -0.529. The minimum Gasteiger partial charge on any atom is -0.496 e. The van der Waals surface area contributed by atoms with E-state index in [0.717, 1.165) is 12.4 Å². The lowest BCUT2D eigenvalue weighted by molar-refractivity contribution is -0.385. The van der Waals surface area contributed by atoms with Crippen LogP contribution in [0.3, 0.4) is 0 Å². The summed E-state index contributed by atoms with van der Waals surface area (Å²) in [4.78, 5) is 65.5. The molecule has 6 heterocycles. The standard InChI is InChI=1S/C42H36Cl2N16O6/c1-65-33-19-25(43)3-7-29(33)37-31(39-47-11-12-48-39)23-53-41(55-37)57(17-15-45-35-9-5-27(21-51-35)59(61)62)58(18-16-46-36-10-6-28(22-52-36)60(63)64)42-54-24-32(40-49-13-14-50-40)38(56-42)30-8-4-26(44)20-34(30)66-2/h3-14,19-24H,15-18H2,1-2H3,(H,45,51)(H,46,52)(H,47,48)(H,49,50). The van der Waals surface area contributed by atoms with E-state index in [1.54, 1.807) is 83.6 Å². The first-order chi connectivity index (χ1) is 32.1. The second kappa shape index (κ2) is 19.9.